The van der Waals surface area contributed by atoms with E-state index in [1.807, 2.05) is 18.2 Å². The minimum Gasteiger partial charge on any atom is -0.490 e. The van der Waals surface area contributed by atoms with Gasteiger partial charge in [-0.25, -0.2) is 0 Å². The van der Waals surface area contributed by atoms with Gasteiger partial charge in [0.05, 0.1) is 18.3 Å². The summed E-state index contributed by atoms with van der Waals surface area (Å²) in [4.78, 5) is 0. The van der Waals surface area contributed by atoms with Gasteiger partial charge in [-0.15, -0.1) is 10.2 Å². The van der Waals surface area contributed by atoms with Crippen molar-refractivity contribution in [2.24, 2.45) is 5.73 Å². The highest BCUT2D eigenvalue weighted by atomic mass is 19.4. The van der Waals surface area contributed by atoms with E-state index in [1.165, 1.54) is 12.1 Å². The minimum absolute atomic E-state index is 0.0251. The number of alkyl halides is 3. The van der Waals surface area contributed by atoms with Crippen LogP contribution in [0.4, 0.5) is 13.2 Å². The molecule has 2 aromatic carbocycles. The highest BCUT2D eigenvalue weighted by Crippen LogP contribution is 2.39. The van der Waals surface area contributed by atoms with Crippen molar-refractivity contribution in [3.05, 3.63) is 53.1 Å². The van der Waals surface area contributed by atoms with Crippen molar-refractivity contribution in [3.8, 4) is 28.7 Å². The first-order chi connectivity index (χ1) is 15.1. The standard InChI is InChI=1S/C23H24F3N3O3/c1-13(2)31-19-6-5-16(10-18(19)23(24,25)26)21-29-28-20(32-21)15-4-3-14-7-8-22(27,12-30)11-17(14)9-15/h3-6,9-10,13,30H,7-8,11-12,27H2,1-2H3/t22-/m0/s1. The zero-order chi connectivity index (χ0) is 23.1. The fourth-order valence-electron chi connectivity index (χ4n) is 3.85. The second-order valence-electron chi connectivity index (χ2n) is 8.47. The van der Waals surface area contributed by atoms with Crippen molar-refractivity contribution >= 4 is 0 Å². The molecule has 0 radical (unpaired) electrons. The van der Waals surface area contributed by atoms with Crippen LogP contribution in [-0.4, -0.2) is 33.6 Å². The van der Waals surface area contributed by atoms with E-state index in [4.69, 9.17) is 14.9 Å². The molecule has 6 nitrogen and oxygen atoms in total. The van der Waals surface area contributed by atoms with Crippen molar-refractivity contribution in [1.82, 2.24) is 10.2 Å². The van der Waals surface area contributed by atoms with Crippen LogP contribution >= 0.6 is 0 Å². The van der Waals surface area contributed by atoms with Gasteiger partial charge < -0.3 is 20.0 Å². The molecule has 3 aromatic rings. The van der Waals surface area contributed by atoms with Crippen molar-refractivity contribution in [2.75, 3.05) is 6.61 Å². The van der Waals surface area contributed by atoms with Gasteiger partial charge in [0, 0.05) is 16.7 Å². The number of nitrogens with two attached hydrogens (primary N) is 1. The second kappa shape index (κ2) is 8.22. The summed E-state index contributed by atoms with van der Waals surface area (Å²) >= 11 is 0. The average Bonchev–Trinajstić information content (AvgIpc) is 3.22. The smallest absolute Gasteiger partial charge is 0.419 e. The summed E-state index contributed by atoms with van der Waals surface area (Å²) in [5, 5.41) is 17.5. The molecule has 170 valence electrons. The molecule has 0 saturated carbocycles. The van der Waals surface area contributed by atoms with Crippen molar-refractivity contribution < 1.29 is 27.4 Å². The zero-order valence-electron chi connectivity index (χ0n) is 17.7. The van der Waals surface area contributed by atoms with Gasteiger partial charge in [0.15, 0.2) is 0 Å². The molecule has 9 heteroatoms. The molecule has 0 saturated heterocycles. The molecule has 1 aliphatic carbocycles. The Balaban J connectivity index is 1.66. The van der Waals surface area contributed by atoms with Crippen LogP contribution < -0.4 is 10.5 Å². The van der Waals surface area contributed by atoms with Gasteiger partial charge in [0.2, 0.25) is 11.8 Å². The number of nitrogens with zero attached hydrogens (tertiary/aromatic N) is 2. The number of aryl methyl sites for hydroxylation is 1. The van der Waals surface area contributed by atoms with E-state index in [9.17, 15) is 18.3 Å². The van der Waals surface area contributed by atoms with Crippen LogP contribution in [0.5, 0.6) is 5.75 Å². The minimum atomic E-state index is -4.59. The molecule has 1 atom stereocenters. The highest BCUT2D eigenvalue weighted by Gasteiger charge is 2.35. The maximum Gasteiger partial charge on any atom is 0.419 e. The predicted molar refractivity (Wildman–Crippen MR) is 112 cm³/mol. The average molecular weight is 447 g/mol. The molecule has 32 heavy (non-hydrogen) atoms. The third kappa shape index (κ3) is 4.49. The van der Waals surface area contributed by atoms with Crippen LogP contribution in [0.25, 0.3) is 22.9 Å². The predicted octanol–water partition coefficient (Wildman–Crippen LogP) is 4.39. The summed E-state index contributed by atoms with van der Waals surface area (Å²) in [6.45, 7) is 3.21. The third-order valence-electron chi connectivity index (χ3n) is 5.52. The van der Waals surface area contributed by atoms with Crippen LogP contribution in [0, 0.1) is 0 Å². The summed E-state index contributed by atoms with van der Waals surface area (Å²) in [6, 6.07) is 9.33. The number of hydrogen-bond donors (Lipinski definition) is 2. The maximum atomic E-state index is 13.5. The highest BCUT2D eigenvalue weighted by molar-refractivity contribution is 5.61. The largest absolute Gasteiger partial charge is 0.490 e. The van der Waals surface area contributed by atoms with Crippen LogP contribution in [0.1, 0.15) is 37.0 Å². The number of rotatable bonds is 5. The Morgan fingerprint density at radius 3 is 2.38 bits per heavy atom. The van der Waals surface area contributed by atoms with E-state index in [2.05, 4.69) is 10.2 Å². The molecule has 0 bridgehead atoms. The SMILES string of the molecule is CC(C)Oc1ccc(-c2nnc(-c3ccc4c(c3)C[C@](N)(CO)CC4)o2)cc1C(F)(F)F. The topological polar surface area (TPSA) is 94.4 Å². The first-order valence-electron chi connectivity index (χ1n) is 10.3. The Bertz CT molecular complexity index is 1130. The molecule has 1 aliphatic rings. The summed E-state index contributed by atoms with van der Waals surface area (Å²) in [6.07, 6.45) is -3.03. The Hall–Kier alpha value is -2.91. The van der Waals surface area contributed by atoms with Crippen LogP contribution in [0.15, 0.2) is 40.8 Å². The lowest BCUT2D eigenvalue weighted by Crippen LogP contribution is -2.48. The van der Waals surface area contributed by atoms with E-state index >= 15 is 0 Å². The van der Waals surface area contributed by atoms with Gasteiger partial charge in [-0.05, 0) is 74.6 Å². The number of halogens is 3. The van der Waals surface area contributed by atoms with E-state index in [-0.39, 0.29) is 29.7 Å². The summed E-state index contributed by atoms with van der Waals surface area (Å²) in [7, 11) is 0. The van der Waals surface area contributed by atoms with Gasteiger partial charge in [0.1, 0.15) is 5.75 Å². The molecule has 0 fully saturated rings. The number of hydrogen-bond acceptors (Lipinski definition) is 6. The molecule has 0 unspecified atom stereocenters. The molecule has 0 amide bonds. The van der Waals surface area contributed by atoms with Gasteiger partial charge in [0.25, 0.3) is 0 Å². The number of ether oxygens (including phenoxy) is 1. The van der Waals surface area contributed by atoms with Crippen molar-refractivity contribution in [2.45, 2.75) is 50.9 Å². The first kappa shape index (κ1) is 22.3. The lowest BCUT2D eigenvalue weighted by Gasteiger charge is -2.33. The number of fused-ring (bicyclic) bond motifs is 1. The lowest BCUT2D eigenvalue weighted by atomic mass is 9.78. The molecule has 0 aliphatic heterocycles. The molecule has 4 rings (SSSR count). The molecular weight excluding hydrogens is 423 g/mol. The fraction of sp³-hybridized carbons (Fsp3) is 0.391. The second-order valence-corrected chi connectivity index (χ2v) is 8.47. The summed E-state index contributed by atoms with van der Waals surface area (Å²) in [5.41, 5.74) is 7.57. The van der Waals surface area contributed by atoms with Gasteiger partial charge >= 0.3 is 6.18 Å². The number of aromatic nitrogens is 2. The molecule has 1 heterocycles. The number of benzene rings is 2. The normalized spacial score (nSPS) is 18.6. The Morgan fingerprint density at radius 2 is 1.75 bits per heavy atom. The van der Waals surface area contributed by atoms with E-state index in [0.29, 0.717) is 18.4 Å². The Kier molecular flexibility index (Phi) is 5.72. The molecule has 0 spiro atoms. The van der Waals surface area contributed by atoms with Gasteiger partial charge in [-0.3, -0.25) is 0 Å². The zero-order valence-corrected chi connectivity index (χ0v) is 17.7. The number of aliphatic hydroxyl groups excluding tert-OH is 1. The van der Waals surface area contributed by atoms with E-state index in [0.717, 1.165) is 23.6 Å². The molecule has 1 aromatic heterocycles. The van der Waals surface area contributed by atoms with Crippen molar-refractivity contribution in [3.63, 3.8) is 0 Å². The fourth-order valence-corrected chi connectivity index (χ4v) is 3.85. The van der Waals surface area contributed by atoms with Gasteiger partial charge in [-0.2, -0.15) is 13.2 Å². The maximum absolute atomic E-state index is 13.5. The van der Waals surface area contributed by atoms with Crippen molar-refractivity contribution in [1.29, 1.82) is 0 Å². The van der Waals surface area contributed by atoms with Crippen LogP contribution in [-0.2, 0) is 19.0 Å². The quantitative estimate of drug-likeness (QED) is 0.603. The third-order valence-corrected chi connectivity index (χ3v) is 5.52. The Morgan fingerprint density at radius 1 is 1.09 bits per heavy atom. The van der Waals surface area contributed by atoms with Crippen LogP contribution in [0.3, 0.4) is 0 Å². The monoisotopic (exact) mass is 447 g/mol. The van der Waals surface area contributed by atoms with E-state index < -0.39 is 23.4 Å². The van der Waals surface area contributed by atoms with E-state index in [1.54, 1.807) is 13.8 Å². The van der Waals surface area contributed by atoms with Gasteiger partial charge in [-0.1, -0.05) is 6.07 Å². The molecular formula is C23H24F3N3O3. The Labute approximate surface area is 183 Å². The summed E-state index contributed by atoms with van der Waals surface area (Å²) in [5.74, 6) is -0.0845. The lowest BCUT2D eigenvalue weighted by molar-refractivity contribution is -0.139. The summed E-state index contributed by atoms with van der Waals surface area (Å²) < 4.78 is 51.6. The van der Waals surface area contributed by atoms with Crippen LogP contribution in [0.2, 0.25) is 0 Å². The number of aliphatic hydroxyl groups is 1. The molecule has 3 N–H and O–H groups in total. The first-order valence-corrected chi connectivity index (χ1v) is 10.3.